The third-order valence-electron chi connectivity index (χ3n) is 6.51. The second kappa shape index (κ2) is 9.34. The Balaban J connectivity index is 1.41. The first-order valence-electron chi connectivity index (χ1n) is 11.8. The van der Waals surface area contributed by atoms with Gasteiger partial charge in [0.2, 0.25) is 12.6 Å². The van der Waals surface area contributed by atoms with Crippen LogP contribution in [0.2, 0.25) is 0 Å². The lowest BCUT2D eigenvalue weighted by molar-refractivity contribution is 0.174. The number of ether oxygens (including phenoxy) is 3. The molecule has 9 nitrogen and oxygen atoms in total. The number of methoxy groups -OCH3 is 1. The Hall–Kier alpha value is -4.79. The highest BCUT2D eigenvalue weighted by Gasteiger charge is 2.36. The Morgan fingerprint density at radius 2 is 1.81 bits per heavy atom. The molecule has 1 N–H and O–H groups in total. The number of hydrogen-bond donors (Lipinski definition) is 1. The van der Waals surface area contributed by atoms with Crippen molar-refractivity contribution >= 4 is 11.6 Å². The Kier molecular flexibility index (Phi) is 5.72. The highest BCUT2D eigenvalue weighted by molar-refractivity contribution is 5.87. The van der Waals surface area contributed by atoms with E-state index < -0.39 is 6.04 Å². The smallest absolute Gasteiger partial charge is 0.322 e. The number of hydrogen-bond acceptors (Lipinski definition) is 7. The molecular formula is C28H24N4O5. The first kappa shape index (κ1) is 22.7. The maximum atomic E-state index is 13.4. The first-order chi connectivity index (χ1) is 18.1. The Bertz CT molecular complexity index is 1480. The SMILES string of the molecule is COc1ccc(C2NC(=O)N(Cc3ccc4c(c3)OCO4)C(C)=C2c2nc(-c3ccccc3)no2)cc1. The first-order valence-corrected chi connectivity index (χ1v) is 11.8. The normalized spacial score (nSPS) is 16.6. The summed E-state index contributed by atoms with van der Waals surface area (Å²) in [6, 6.07) is 22.1. The third kappa shape index (κ3) is 4.24. The van der Waals surface area contributed by atoms with Gasteiger partial charge in [-0.25, -0.2) is 4.79 Å². The topological polar surface area (TPSA) is 99.0 Å². The molecular weight excluding hydrogens is 472 g/mol. The number of fused-ring (bicyclic) bond motifs is 1. The van der Waals surface area contributed by atoms with Gasteiger partial charge < -0.3 is 24.1 Å². The van der Waals surface area contributed by atoms with Gasteiger partial charge in [0.1, 0.15) is 5.75 Å². The van der Waals surface area contributed by atoms with Crippen LogP contribution in [0.25, 0.3) is 17.0 Å². The van der Waals surface area contributed by atoms with E-state index in [2.05, 4.69) is 10.5 Å². The van der Waals surface area contributed by atoms with Crippen molar-refractivity contribution in [3.63, 3.8) is 0 Å². The molecule has 2 aliphatic rings. The summed E-state index contributed by atoms with van der Waals surface area (Å²) in [5.74, 6) is 2.90. The molecule has 0 aliphatic carbocycles. The van der Waals surface area contributed by atoms with Crippen LogP contribution in [-0.2, 0) is 6.54 Å². The van der Waals surface area contributed by atoms with Crippen molar-refractivity contribution in [2.75, 3.05) is 13.9 Å². The van der Waals surface area contributed by atoms with Crippen molar-refractivity contribution in [3.8, 4) is 28.6 Å². The lowest BCUT2D eigenvalue weighted by Crippen LogP contribution is -2.45. The number of carbonyl (C=O) groups is 1. The highest BCUT2D eigenvalue weighted by Crippen LogP contribution is 2.39. The fourth-order valence-electron chi connectivity index (χ4n) is 4.55. The number of amides is 2. The summed E-state index contributed by atoms with van der Waals surface area (Å²) >= 11 is 0. The van der Waals surface area contributed by atoms with Crippen LogP contribution in [0.5, 0.6) is 17.2 Å². The molecule has 2 amide bonds. The molecule has 0 saturated heterocycles. The van der Waals surface area contributed by atoms with Crippen molar-refractivity contribution in [1.82, 2.24) is 20.4 Å². The predicted molar refractivity (Wildman–Crippen MR) is 135 cm³/mol. The van der Waals surface area contributed by atoms with Crippen molar-refractivity contribution in [1.29, 1.82) is 0 Å². The quantitative estimate of drug-likeness (QED) is 0.393. The van der Waals surface area contributed by atoms with Crippen LogP contribution >= 0.6 is 0 Å². The van der Waals surface area contributed by atoms with Gasteiger partial charge >= 0.3 is 6.03 Å². The van der Waals surface area contributed by atoms with Crippen LogP contribution in [0.3, 0.4) is 0 Å². The standard InChI is InChI=1S/C28H24N4O5/c1-17-24(27-30-26(31-37-27)20-6-4-3-5-7-20)25(19-9-11-21(34-2)12-10-19)29-28(33)32(17)15-18-8-13-22-23(14-18)36-16-35-22/h3-14,25H,15-16H2,1-2H3,(H,29,33). The molecule has 0 saturated carbocycles. The molecule has 1 atom stereocenters. The zero-order valence-electron chi connectivity index (χ0n) is 20.3. The summed E-state index contributed by atoms with van der Waals surface area (Å²) in [7, 11) is 1.62. The van der Waals surface area contributed by atoms with Crippen LogP contribution in [0.4, 0.5) is 4.79 Å². The number of benzene rings is 3. The summed E-state index contributed by atoms with van der Waals surface area (Å²) in [4.78, 5) is 19.8. The van der Waals surface area contributed by atoms with Gasteiger partial charge in [0.25, 0.3) is 5.89 Å². The number of allylic oxidation sites excluding steroid dienone is 1. The second-order valence-electron chi connectivity index (χ2n) is 8.72. The van der Waals surface area contributed by atoms with E-state index >= 15 is 0 Å². The highest BCUT2D eigenvalue weighted by atomic mass is 16.7. The van der Waals surface area contributed by atoms with E-state index in [1.165, 1.54) is 0 Å². The monoisotopic (exact) mass is 496 g/mol. The molecule has 186 valence electrons. The molecule has 0 bridgehead atoms. The minimum atomic E-state index is -0.490. The number of rotatable bonds is 6. The van der Waals surface area contributed by atoms with Gasteiger partial charge in [-0.1, -0.05) is 53.7 Å². The van der Waals surface area contributed by atoms with E-state index in [1.807, 2.05) is 79.7 Å². The van der Waals surface area contributed by atoms with Crippen LogP contribution < -0.4 is 19.5 Å². The zero-order chi connectivity index (χ0) is 25.4. The van der Waals surface area contributed by atoms with E-state index in [1.54, 1.807) is 12.0 Å². The van der Waals surface area contributed by atoms with E-state index in [0.717, 1.165) is 28.0 Å². The van der Waals surface area contributed by atoms with E-state index in [4.69, 9.17) is 23.7 Å². The Morgan fingerprint density at radius 3 is 2.59 bits per heavy atom. The Labute approximate surface area is 213 Å². The summed E-state index contributed by atoms with van der Waals surface area (Å²) in [6.07, 6.45) is 0. The number of urea groups is 1. The van der Waals surface area contributed by atoms with E-state index in [9.17, 15) is 4.79 Å². The van der Waals surface area contributed by atoms with Crippen molar-refractivity contribution in [3.05, 3.63) is 95.5 Å². The zero-order valence-corrected chi connectivity index (χ0v) is 20.3. The number of nitrogens with one attached hydrogen (secondary N) is 1. The molecule has 0 spiro atoms. The van der Waals surface area contributed by atoms with Gasteiger partial charge in [-0.2, -0.15) is 4.98 Å². The summed E-state index contributed by atoms with van der Waals surface area (Å²) in [5.41, 5.74) is 4.04. The molecule has 0 radical (unpaired) electrons. The van der Waals surface area contributed by atoms with Crippen molar-refractivity contribution in [2.24, 2.45) is 0 Å². The molecule has 0 fully saturated rings. The maximum absolute atomic E-state index is 13.4. The molecule has 3 heterocycles. The number of aromatic nitrogens is 2. The second-order valence-corrected chi connectivity index (χ2v) is 8.72. The van der Waals surface area contributed by atoms with E-state index in [-0.39, 0.29) is 12.8 Å². The molecule has 1 unspecified atom stereocenters. The average molecular weight is 497 g/mol. The third-order valence-corrected chi connectivity index (χ3v) is 6.51. The lowest BCUT2D eigenvalue weighted by atomic mass is 9.94. The van der Waals surface area contributed by atoms with Crippen LogP contribution in [-0.4, -0.2) is 35.0 Å². The largest absolute Gasteiger partial charge is 0.497 e. The van der Waals surface area contributed by atoms with Crippen LogP contribution in [0.1, 0.15) is 30.0 Å². The van der Waals surface area contributed by atoms with Gasteiger partial charge in [0, 0.05) is 11.3 Å². The van der Waals surface area contributed by atoms with Crippen molar-refractivity contribution in [2.45, 2.75) is 19.5 Å². The number of carbonyl (C=O) groups excluding carboxylic acids is 1. The molecule has 37 heavy (non-hydrogen) atoms. The molecule has 6 rings (SSSR count). The fraction of sp³-hybridized carbons (Fsp3) is 0.179. The van der Waals surface area contributed by atoms with Gasteiger partial charge in [-0.15, -0.1) is 0 Å². The van der Waals surface area contributed by atoms with Gasteiger partial charge in [-0.05, 0) is 42.3 Å². The lowest BCUT2D eigenvalue weighted by Gasteiger charge is -2.35. The summed E-state index contributed by atoms with van der Waals surface area (Å²) in [6.45, 7) is 2.41. The minimum Gasteiger partial charge on any atom is -0.497 e. The molecule has 2 aliphatic heterocycles. The molecule has 3 aromatic carbocycles. The van der Waals surface area contributed by atoms with Gasteiger partial charge in [-0.3, -0.25) is 4.90 Å². The minimum absolute atomic E-state index is 0.191. The van der Waals surface area contributed by atoms with Crippen LogP contribution in [0.15, 0.2) is 83.0 Å². The average Bonchev–Trinajstić information content (AvgIpc) is 3.61. The van der Waals surface area contributed by atoms with Crippen molar-refractivity contribution < 1.29 is 23.5 Å². The Morgan fingerprint density at radius 1 is 1.03 bits per heavy atom. The van der Waals surface area contributed by atoms with Gasteiger partial charge in [0.15, 0.2) is 11.5 Å². The summed E-state index contributed by atoms with van der Waals surface area (Å²) in [5, 5.41) is 7.34. The van der Waals surface area contributed by atoms with Gasteiger partial charge in [0.05, 0.1) is 25.3 Å². The predicted octanol–water partition coefficient (Wildman–Crippen LogP) is 5.17. The molecule has 4 aromatic rings. The number of nitrogens with zero attached hydrogens (tertiary/aromatic N) is 3. The molecule has 9 heteroatoms. The fourth-order valence-corrected chi connectivity index (χ4v) is 4.55. The maximum Gasteiger partial charge on any atom is 0.322 e. The van der Waals surface area contributed by atoms with Crippen LogP contribution in [0, 0.1) is 0 Å². The summed E-state index contributed by atoms with van der Waals surface area (Å²) < 4.78 is 22.0. The van der Waals surface area contributed by atoms with E-state index in [0.29, 0.717) is 35.5 Å². The molecule has 1 aromatic heterocycles.